The van der Waals surface area contributed by atoms with Crippen molar-refractivity contribution in [3.05, 3.63) is 47.4 Å². The number of rotatable bonds is 3. The smallest absolute Gasteiger partial charge is 0.231 e. The molecule has 102 valence electrons. The third-order valence-electron chi connectivity index (χ3n) is 2.72. The maximum Gasteiger partial charge on any atom is 0.231 e. The summed E-state index contributed by atoms with van der Waals surface area (Å²) < 4.78 is 0. The molecule has 0 aliphatic carbocycles. The predicted octanol–water partition coefficient (Wildman–Crippen LogP) is 2.92. The highest BCUT2D eigenvalue weighted by Crippen LogP contribution is 2.23. The monoisotopic (exact) mass is 294 g/mol. The summed E-state index contributed by atoms with van der Waals surface area (Å²) in [5, 5.41) is 14.0. The molecule has 0 aliphatic heterocycles. The molecule has 2 aromatic heterocycles. The molecule has 0 bridgehead atoms. The van der Waals surface area contributed by atoms with Crippen LogP contribution in [0.15, 0.2) is 36.8 Å². The van der Waals surface area contributed by atoms with E-state index in [-0.39, 0.29) is 0 Å². The van der Waals surface area contributed by atoms with E-state index >= 15 is 0 Å². The molecule has 0 saturated heterocycles. The first-order valence-corrected chi connectivity index (χ1v) is 6.96. The maximum atomic E-state index is 9.14. The van der Waals surface area contributed by atoms with Gasteiger partial charge in [-0.25, -0.2) is 15.0 Å². The number of nitriles is 1. The number of aryl methyl sites for hydroxylation is 1. The summed E-state index contributed by atoms with van der Waals surface area (Å²) in [5.74, 6) is 0.891. The van der Waals surface area contributed by atoms with Crippen LogP contribution in [0.3, 0.4) is 0 Å². The molecule has 1 N–H and O–H groups in total. The Bertz CT molecular complexity index is 820. The number of anilines is 2. The van der Waals surface area contributed by atoms with Gasteiger partial charge in [-0.2, -0.15) is 10.2 Å². The van der Waals surface area contributed by atoms with Gasteiger partial charge in [0.25, 0.3) is 0 Å². The van der Waals surface area contributed by atoms with E-state index in [2.05, 4.69) is 31.3 Å². The lowest BCUT2D eigenvalue weighted by Crippen LogP contribution is -1.99. The summed E-state index contributed by atoms with van der Waals surface area (Å²) in [6.07, 6.45) is 3.15. The van der Waals surface area contributed by atoms with Gasteiger partial charge in [0.1, 0.15) is 11.3 Å². The average Bonchev–Trinajstić information content (AvgIpc) is 2.92. The van der Waals surface area contributed by atoms with Crippen LogP contribution < -0.4 is 5.32 Å². The van der Waals surface area contributed by atoms with Crippen molar-refractivity contribution in [1.29, 1.82) is 5.26 Å². The van der Waals surface area contributed by atoms with Crippen LogP contribution in [0.1, 0.15) is 10.6 Å². The second-order valence-electron chi connectivity index (χ2n) is 4.16. The lowest BCUT2D eigenvalue weighted by atomic mass is 10.1. The number of nitrogens with zero attached hydrogens (tertiary/aromatic N) is 5. The van der Waals surface area contributed by atoms with E-state index in [9.17, 15) is 0 Å². The van der Waals surface area contributed by atoms with Crippen molar-refractivity contribution in [2.24, 2.45) is 0 Å². The summed E-state index contributed by atoms with van der Waals surface area (Å²) >= 11 is 1.52. The van der Waals surface area contributed by atoms with Gasteiger partial charge in [0, 0.05) is 5.56 Å². The van der Waals surface area contributed by atoms with Crippen LogP contribution >= 0.6 is 11.3 Å². The zero-order valence-electron chi connectivity index (χ0n) is 11.1. The molecule has 0 spiro atoms. The highest BCUT2D eigenvalue weighted by Gasteiger charge is 2.09. The first-order chi connectivity index (χ1) is 10.3. The number of aromatic nitrogens is 4. The summed E-state index contributed by atoms with van der Waals surface area (Å²) in [7, 11) is 0. The molecule has 0 fully saturated rings. The van der Waals surface area contributed by atoms with Crippen LogP contribution in [0.2, 0.25) is 0 Å². The van der Waals surface area contributed by atoms with Crippen LogP contribution in [0.5, 0.6) is 0 Å². The van der Waals surface area contributed by atoms with Crippen LogP contribution in [-0.2, 0) is 0 Å². The largest absolute Gasteiger partial charge is 0.314 e. The Morgan fingerprint density at radius 1 is 1.19 bits per heavy atom. The minimum atomic E-state index is 0.427. The third-order valence-corrected chi connectivity index (χ3v) is 3.54. The Balaban J connectivity index is 1.95. The Labute approximate surface area is 125 Å². The first-order valence-electron chi connectivity index (χ1n) is 6.14. The Kier molecular flexibility index (Phi) is 3.53. The molecule has 7 heteroatoms. The van der Waals surface area contributed by atoms with Gasteiger partial charge in [-0.05, 0) is 19.1 Å². The van der Waals surface area contributed by atoms with Gasteiger partial charge in [0.15, 0.2) is 5.82 Å². The third kappa shape index (κ3) is 2.85. The SMILES string of the molecule is Cc1ncc(Nc2ncnc(-c3ccccc3C#N)n2)s1. The van der Waals surface area contributed by atoms with Crippen molar-refractivity contribution in [1.82, 2.24) is 19.9 Å². The minimum Gasteiger partial charge on any atom is -0.314 e. The van der Waals surface area contributed by atoms with Crippen molar-refractivity contribution in [3.8, 4) is 17.5 Å². The van der Waals surface area contributed by atoms with Gasteiger partial charge >= 0.3 is 0 Å². The van der Waals surface area contributed by atoms with Gasteiger partial charge < -0.3 is 5.32 Å². The second-order valence-corrected chi connectivity index (χ2v) is 5.39. The van der Waals surface area contributed by atoms with Crippen molar-refractivity contribution in [3.63, 3.8) is 0 Å². The molecule has 0 atom stereocenters. The van der Waals surface area contributed by atoms with Crippen LogP contribution in [0.25, 0.3) is 11.4 Å². The van der Waals surface area contributed by atoms with E-state index in [4.69, 9.17) is 5.26 Å². The van der Waals surface area contributed by atoms with Crippen LogP contribution in [-0.4, -0.2) is 19.9 Å². The molecule has 0 aliphatic rings. The number of hydrogen-bond acceptors (Lipinski definition) is 7. The van der Waals surface area contributed by atoms with Crippen molar-refractivity contribution in [2.75, 3.05) is 5.32 Å². The van der Waals surface area contributed by atoms with Crippen molar-refractivity contribution < 1.29 is 0 Å². The quantitative estimate of drug-likeness (QED) is 0.799. The Morgan fingerprint density at radius 3 is 2.81 bits per heavy atom. The van der Waals surface area contributed by atoms with E-state index in [1.807, 2.05) is 25.1 Å². The molecular weight excluding hydrogens is 284 g/mol. The van der Waals surface area contributed by atoms with Gasteiger partial charge in [-0.1, -0.05) is 12.1 Å². The lowest BCUT2D eigenvalue weighted by molar-refractivity contribution is 1.06. The summed E-state index contributed by atoms with van der Waals surface area (Å²) in [6.45, 7) is 1.93. The van der Waals surface area contributed by atoms with Gasteiger partial charge in [0.2, 0.25) is 5.95 Å². The van der Waals surface area contributed by atoms with Gasteiger partial charge in [-0.15, -0.1) is 11.3 Å². The zero-order chi connectivity index (χ0) is 14.7. The van der Waals surface area contributed by atoms with Crippen LogP contribution in [0.4, 0.5) is 10.9 Å². The molecule has 2 heterocycles. The minimum absolute atomic E-state index is 0.427. The summed E-state index contributed by atoms with van der Waals surface area (Å²) in [5.41, 5.74) is 1.22. The molecule has 21 heavy (non-hydrogen) atoms. The maximum absolute atomic E-state index is 9.14. The second kappa shape index (κ2) is 5.64. The molecule has 3 aromatic rings. The van der Waals surface area contributed by atoms with Crippen molar-refractivity contribution in [2.45, 2.75) is 6.92 Å². The number of nitrogens with one attached hydrogen (secondary N) is 1. The average molecular weight is 294 g/mol. The molecular formula is C14H10N6S. The predicted molar refractivity (Wildman–Crippen MR) is 80.1 cm³/mol. The fourth-order valence-electron chi connectivity index (χ4n) is 1.79. The van der Waals surface area contributed by atoms with E-state index < -0.39 is 0 Å². The van der Waals surface area contributed by atoms with E-state index in [0.29, 0.717) is 22.9 Å². The van der Waals surface area contributed by atoms with E-state index in [1.54, 1.807) is 12.3 Å². The molecule has 3 rings (SSSR count). The first kappa shape index (κ1) is 13.1. The van der Waals surface area contributed by atoms with E-state index in [0.717, 1.165) is 10.0 Å². The standard InChI is InChI=1S/C14H10N6S/c1-9-16-7-12(21-9)19-14-18-8-17-13(20-14)11-5-3-2-4-10(11)6-15/h2-5,7-8H,1H3,(H,17,18,19,20). The highest BCUT2D eigenvalue weighted by atomic mass is 32.1. The molecule has 0 saturated carbocycles. The van der Waals surface area contributed by atoms with Crippen molar-refractivity contribution >= 4 is 22.3 Å². The summed E-state index contributed by atoms with van der Waals surface area (Å²) in [6, 6.07) is 9.34. The Hall–Kier alpha value is -2.85. The summed E-state index contributed by atoms with van der Waals surface area (Å²) in [4.78, 5) is 16.7. The zero-order valence-corrected chi connectivity index (χ0v) is 11.9. The number of thiazole rings is 1. The fourth-order valence-corrected chi connectivity index (χ4v) is 2.46. The topological polar surface area (TPSA) is 87.4 Å². The number of hydrogen-bond donors (Lipinski definition) is 1. The normalized spacial score (nSPS) is 10.1. The van der Waals surface area contributed by atoms with Gasteiger partial charge in [0.05, 0.1) is 22.8 Å². The molecule has 0 radical (unpaired) electrons. The lowest BCUT2D eigenvalue weighted by Gasteiger charge is -2.04. The molecule has 0 amide bonds. The van der Waals surface area contributed by atoms with Gasteiger partial charge in [-0.3, -0.25) is 0 Å². The Morgan fingerprint density at radius 2 is 2.05 bits per heavy atom. The van der Waals surface area contributed by atoms with E-state index in [1.165, 1.54) is 17.7 Å². The molecule has 1 aromatic carbocycles. The van der Waals surface area contributed by atoms with Crippen LogP contribution in [0, 0.1) is 18.3 Å². The molecule has 0 unspecified atom stereocenters. The number of benzene rings is 1. The highest BCUT2D eigenvalue weighted by molar-refractivity contribution is 7.15. The molecule has 6 nitrogen and oxygen atoms in total. The fraction of sp³-hybridized carbons (Fsp3) is 0.0714.